The first-order valence-electron chi connectivity index (χ1n) is 13.8. The zero-order valence-corrected chi connectivity index (χ0v) is 23.1. The van der Waals surface area contributed by atoms with Gasteiger partial charge in [0.2, 0.25) is 0 Å². The minimum atomic E-state index is -1.59. The molecule has 214 valence electrons. The molecule has 10 nitrogen and oxygen atoms in total. The average molecular weight is 562 g/mol. The van der Waals surface area contributed by atoms with Crippen molar-refractivity contribution >= 4 is 45.2 Å². The molecule has 2 aliphatic heterocycles. The summed E-state index contributed by atoms with van der Waals surface area (Å²) in [5.74, 6) is -1.88. The summed E-state index contributed by atoms with van der Waals surface area (Å²) in [7, 11) is 0. The van der Waals surface area contributed by atoms with E-state index in [1.165, 1.54) is 13.8 Å². The number of likely N-dealkylation sites (N-methyl/N-ethyl adjacent to an activating group) is 1. The lowest BCUT2D eigenvalue weighted by molar-refractivity contribution is -0.178. The second kappa shape index (κ2) is 10.2. The Morgan fingerprint density at radius 3 is 2.41 bits per heavy atom. The van der Waals surface area contributed by atoms with Gasteiger partial charge in [0.25, 0.3) is 5.91 Å². The van der Waals surface area contributed by atoms with Gasteiger partial charge in [-0.05, 0) is 66.1 Å². The van der Waals surface area contributed by atoms with E-state index in [2.05, 4.69) is 0 Å². The van der Waals surface area contributed by atoms with Crippen molar-refractivity contribution in [2.75, 3.05) is 13.1 Å². The van der Waals surface area contributed by atoms with Crippen LogP contribution in [0.3, 0.4) is 0 Å². The number of esters is 2. The normalized spacial score (nSPS) is 25.3. The Bertz CT molecular complexity index is 1610. The molecule has 0 spiro atoms. The van der Waals surface area contributed by atoms with E-state index in [0.717, 1.165) is 21.7 Å². The summed E-state index contributed by atoms with van der Waals surface area (Å²) in [6.45, 7) is 4.86. The number of nitrogens with zero attached hydrogens (tertiary/aromatic N) is 1. The van der Waals surface area contributed by atoms with Crippen molar-refractivity contribution in [1.82, 2.24) is 4.90 Å². The van der Waals surface area contributed by atoms with Crippen LogP contribution in [0.15, 0.2) is 36.4 Å². The highest BCUT2D eigenvalue weighted by Crippen LogP contribution is 2.45. The monoisotopic (exact) mass is 561 g/mol. The Morgan fingerprint density at radius 2 is 1.78 bits per heavy atom. The van der Waals surface area contributed by atoms with Crippen LogP contribution in [0.2, 0.25) is 0 Å². The first-order valence-corrected chi connectivity index (χ1v) is 13.8. The molecule has 0 saturated carbocycles. The molecule has 2 fully saturated rings. The van der Waals surface area contributed by atoms with Crippen molar-refractivity contribution in [2.45, 2.75) is 70.7 Å². The number of aliphatic hydroxyl groups is 1. The Morgan fingerprint density at radius 1 is 1.07 bits per heavy atom. The molecule has 3 aliphatic rings. The second-order valence-corrected chi connectivity index (χ2v) is 10.8. The number of morpholine rings is 1. The van der Waals surface area contributed by atoms with E-state index in [4.69, 9.17) is 18.9 Å². The van der Waals surface area contributed by atoms with Gasteiger partial charge in [0.05, 0.1) is 13.2 Å². The smallest absolute Gasteiger partial charge is 0.339 e. The van der Waals surface area contributed by atoms with Gasteiger partial charge in [-0.2, -0.15) is 0 Å². The molecular weight excluding hydrogens is 530 g/mol. The quantitative estimate of drug-likeness (QED) is 0.274. The van der Waals surface area contributed by atoms with Crippen molar-refractivity contribution < 1.29 is 43.2 Å². The van der Waals surface area contributed by atoms with Crippen molar-refractivity contribution in [3.63, 3.8) is 0 Å². The highest BCUT2D eigenvalue weighted by Gasteiger charge is 2.54. The van der Waals surface area contributed by atoms with Crippen LogP contribution in [0.25, 0.3) is 21.5 Å². The summed E-state index contributed by atoms with van der Waals surface area (Å²) in [4.78, 5) is 53.4. The van der Waals surface area contributed by atoms with Crippen molar-refractivity contribution in [3.05, 3.63) is 53.1 Å². The van der Waals surface area contributed by atoms with Gasteiger partial charge in [-0.25, -0.2) is 4.79 Å². The van der Waals surface area contributed by atoms with E-state index < -0.39 is 41.8 Å². The van der Waals surface area contributed by atoms with Crippen molar-refractivity contribution in [3.8, 4) is 5.75 Å². The molecule has 2 bridgehead atoms. The van der Waals surface area contributed by atoms with Crippen LogP contribution in [0.4, 0.5) is 0 Å². The van der Waals surface area contributed by atoms with E-state index >= 15 is 0 Å². The van der Waals surface area contributed by atoms with E-state index in [9.17, 15) is 24.3 Å². The minimum Gasteiger partial charge on any atom is -0.449 e. The highest BCUT2D eigenvalue weighted by atomic mass is 16.7. The molecule has 4 atom stereocenters. The molecule has 2 saturated heterocycles. The number of rotatable bonds is 6. The molecule has 0 unspecified atom stereocenters. The standard InChI is InChI=1S/C31H31NO9/c1-4-32-14-25-39-27(29(32)36)28(40-25)30(37)41-31(16(2)34)10-9-20-23(13-31)26(38-17(3)35)22-12-19-8-6-5-7-18(19)11-21(22)24(20)15-33/h5-8,11-12,25,27-28,33H,4,9-10,13-15H2,1-3H3/t25-,27+,28+,31+/m0/s1. The third-order valence-corrected chi connectivity index (χ3v) is 8.45. The van der Waals surface area contributed by atoms with Gasteiger partial charge in [0.1, 0.15) is 5.75 Å². The topological polar surface area (TPSA) is 129 Å². The van der Waals surface area contributed by atoms with Crippen LogP contribution in [0.1, 0.15) is 43.9 Å². The predicted molar refractivity (Wildman–Crippen MR) is 146 cm³/mol. The highest BCUT2D eigenvalue weighted by molar-refractivity contribution is 6.05. The van der Waals surface area contributed by atoms with Crippen LogP contribution in [0, 0.1) is 0 Å². The fourth-order valence-electron chi connectivity index (χ4n) is 6.35. The molecule has 2 heterocycles. The number of fused-ring (bicyclic) bond motifs is 5. The number of carbonyl (C=O) groups is 4. The molecule has 0 aromatic heterocycles. The first-order chi connectivity index (χ1) is 19.7. The van der Waals surface area contributed by atoms with Crippen molar-refractivity contribution in [2.24, 2.45) is 0 Å². The lowest BCUT2D eigenvalue weighted by atomic mass is 9.74. The fourth-order valence-corrected chi connectivity index (χ4v) is 6.35. The van der Waals surface area contributed by atoms with Crippen LogP contribution >= 0.6 is 0 Å². The number of Topliss-reactive ketones (excluding diaryl/α,β-unsaturated/α-hetero) is 1. The number of aliphatic hydroxyl groups excluding tert-OH is 1. The van der Waals surface area contributed by atoms with E-state index in [0.29, 0.717) is 23.1 Å². The molecule has 10 heteroatoms. The van der Waals surface area contributed by atoms with E-state index in [-0.39, 0.29) is 44.1 Å². The van der Waals surface area contributed by atoms with E-state index in [1.54, 1.807) is 4.90 Å². The maximum absolute atomic E-state index is 13.5. The SMILES string of the molecule is CCN1C[C@@H]2O[C@@H](C(=O)O[C@]3(C(C)=O)CCc4c(c(OC(C)=O)c5cc6ccccc6cc5c4CO)C3)[C@@H](O2)C1=O. The molecule has 0 radical (unpaired) electrons. The number of hydrogen-bond donors (Lipinski definition) is 1. The van der Waals surface area contributed by atoms with Gasteiger partial charge in [-0.3, -0.25) is 14.4 Å². The Kier molecular flexibility index (Phi) is 6.80. The maximum atomic E-state index is 13.5. The van der Waals surface area contributed by atoms with Gasteiger partial charge in [-0.15, -0.1) is 0 Å². The summed E-state index contributed by atoms with van der Waals surface area (Å²) < 4.78 is 23.1. The van der Waals surface area contributed by atoms with Gasteiger partial charge in [0.15, 0.2) is 29.9 Å². The maximum Gasteiger partial charge on any atom is 0.339 e. The molecule has 1 amide bonds. The first kappa shape index (κ1) is 27.3. The number of ether oxygens (including phenoxy) is 4. The Labute approximate surface area is 236 Å². The molecule has 6 rings (SSSR count). The lowest BCUT2D eigenvalue weighted by Gasteiger charge is -2.38. The van der Waals surface area contributed by atoms with E-state index in [1.807, 2.05) is 43.3 Å². The van der Waals surface area contributed by atoms with Gasteiger partial charge < -0.3 is 29.0 Å². The van der Waals surface area contributed by atoms with Gasteiger partial charge in [-0.1, -0.05) is 24.3 Å². The van der Waals surface area contributed by atoms with Crippen LogP contribution in [0.5, 0.6) is 5.75 Å². The zero-order chi connectivity index (χ0) is 29.1. The summed E-state index contributed by atoms with van der Waals surface area (Å²) in [6.07, 6.45) is -2.84. The second-order valence-electron chi connectivity index (χ2n) is 10.8. The summed E-state index contributed by atoms with van der Waals surface area (Å²) in [6, 6.07) is 11.6. The molecular formula is C31H31NO9. The number of hydrogen-bond acceptors (Lipinski definition) is 9. The number of ketones is 1. The lowest BCUT2D eigenvalue weighted by Crippen LogP contribution is -2.53. The zero-order valence-electron chi connectivity index (χ0n) is 23.1. The van der Waals surface area contributed by atoms with Crippen LogP contribution < -0.4 is 4.74 Å². The van der Waals surface area contributed by atoms with Gasteiger partial charge in [0, 0.05) is 30.8 Å². The van der Waals surface area contributed by atoms with Crippen molar-refractivity contribution in [1.29, 1.82) is 0 Å². The third-order valence-electron chi connectivity index (χ3n) is 8.45. The molecule has 1 N–H and O–H groups in total. The fraction of sp³-hybridized carbons (Fsp3) is 0.419. The minimum absolute atomic E-state index is 0.0709. The Balaban J connectivity index is 1.43. The summed E-state index contributed by atoms with van der Waals surface area (Å²) in [5, 5.41) is 13.7. The largest absolute Gasteiger partial charge is 0.449 e. The van der Waals surface area contributed by atoms with Crippen LogP contribution in [-0.4, -0.2) is 70.8 Å². The molecule has 41 heavy (non-hydrogen) atoms. The summed E-state index contributed by atoms with van der Waals surface area (Å²) in [5.41, 5.74) is 0.358. The molecule has 3 aromatic carbocycles. The average Bonchev–Trinajstić information content (AvgIpc) is 3.33. The van der Waals surface area contributed by atoms with Crippen LogP contribution in [-0.2, 0) is 52.8 Å². The number of benzene rings is 3. The third kappa shape index (κ3) is 4.46. The Hall–Kier alpha value is -3.86. The number of amides is 1. The number of carbonyl (C=O) groups excluding carboxylic acids is 4. The van der Waals surface area contributed by atoms with Gasteiger partial charge >= 0.3 is 11.9 Å². The molecule has 1 aliphatic carbocycles. The predicted octanol–water partition coefficient (Wildman–Crippen LogP) is 2.74. The summed E-state index contributed by atoms with van der Waals surface area (Å²) >= 11 is 0. The molecule has 3 aromatic rings.